The van der Waals surface area contributed by atoms with Gasteiger partial charge in [-0.3, -0.25) is 0 Å². The lowest BCUT2D eigenvalue weighted by atomic mass is 10.2. The molecule has 0 saturated carbocycles. The molecule has 100 valence electrons. The van der Waals surface area contributed by atoms with Crippen LogP contribution in [0.4, 0.5) is 5.69 Å². The molecule has 0 aromatic heterocycles. The highest BCUT2D eigenvalue weighted by molar-refractivity contribution is 9.10. The lowest BCUT2D eigenvalue weighted by Gasteiger charge is -2.12. The molecule has 0 heterocycles. The lowest BCUT2D eigenvalue weighted by molar-refractivity contribution is 0.416. The number of rotatable bonds is 4. The van der Waals surface area contributed by atoms with E-state index in [1.807, 2.05) is 30.3 Å². The molecule has 2 nitrogen and oxygen atoms in total. The molecule has 0 saturated heterocycles. The van der Waals surface area contributed by atoms with Crippen molar-refractivity contribution < 1.29 is 4.74 Å². The topological polar surface area (TPSA) is 21.3 Å². The monoisotopic (exact) mass is 359 g/mol. The third kappa shape index (κ3) is 3.78. The summed E-state index contributed by atoms with van der Waals surface area (Å²) in [5.41, 5.74) is 1.96. The van der Waals surface area contributed by atoms with E-state index in [1.54, 1.807) is 13.2 Å². The van der Waals surface area contributed by atoms with E-state index in [2.05, 4.69) is 21.2 Å². The third-order valence-corrected chi connectivity index (χ3v) is 3.85. The first kappa shape index (κ1) is 14.5. The molecule has 1 N–H and O–H groups in total. The number of halogens is 3. The SMILES string of the molecule is COc1ccc(Cl)cc1NCc1ccc(Cl)cc1Br. The van der Waals surface area contributed by atoms with Crippen LogP contribution in [0.2, 0.25) is 10.0 Å². The maximum Gasteiger partial charge on any atom is 0.142 e. The Morgan fingerprint density at radius 3 is 2.47 bits per heavy atom. The van der Waals surface area contributed by atoms with Gasteiger partial charge in [0.15, 0.2) is 0 Å². The van der Waals surface area contributed by atoms with Crippen LogP contribution in [0.1, 0.15) is 5.56 Å². The van der Waals surface area contributed by atoms with Crippen LogP contribution in [0.3, 0.4) is 0 Å². The van der Waals surface area contributed by atoms with Gasteiger partial charge in [0.2, 0.25) is 0 Å². The van der Waals surface area contributed by atoms with E-state index in [4.69, 9.17) is 27.9 Å². The van der Waals surface area contributed by atoms with E-state index in [9.17, 15) is 0 Å². The second-order valence-electron chi connectivity index (χ2n) is 3.93. The number of ether oxygens (including phenoxy) is 1. The van der Waals surface area contributed by atoms with Crippen molar-refractivity contribution >= 4 is 44.8 Å². The van der Waals surface area contributed by atoms with Crippen LogP contribution in [0.15, 0.2) is 40.9 Å². The van der Waals surface area contributed by atoms with Crippen LogP contribution < -0.4 is 10.1 Å². The minimum atomic E-state index is 0.647. The molecule has 0 radical (unpaired) electrons. The Kier molecular flexibility index (Phi) is 4.97. The van der Waals surface area contributed by atoms with Gasteiger partial charge in [-0.15, -0.1) is 0 Å². The van der Waals surface area contributed by atoms with Crippen molar-refractivity contribution in [3.8, 4) is 5.75 Å². The molecule has 0 bridgehead atoms. The zero-order valence-electron chi connectivity index (χ0n) is 10.2. The Morgan fingerprint density at radius 1 is 1.11 bits per heavy atom. The number of hydrogen-bond acceptors (Lipinski definition) is 2. The molecule has 2 aromatic carbocycles. The fraction of sp³-hybridized carbons (Fsp3) is 0.143. The zero-order valence-corrected chi connectivity index (χ0v) is 13.3. The maximum absolute atomic E-state index is 5.99. The summed E-state index contributed by atoms with van der Waals surface area (Å²) in [6.45, 7) is 0.647. The molecule has 0 amide bonds. The fourth-order valence-corrected chi connectivity index (χ4v) is 2.67. The number of benzene rings is 2. The van der Waals surface area contributed by atoms with Crippen LogP contribution in [0, 0.1) is 0 Å². The van der Waals surface area contributed by atoms with Gasteiger partial charge in [-0.25, -0.2) is 0 Å². The van der Waals surface area contributed by atoms with Crippen molar-refractivity contribution in [3.63, 3.8) is 0 Å². The first-order chi connectivity index (χ1) is 9.10. The summed E-state index contributed by atoms with van der Waals surface area (Å²) >= 11 is 15.4. The van der Waals surface area contributed by atoms with Crippen LogP contribution in [0.25, 0.3) is 0 Å². The van der Waals surface area contributed by atoms with Crippen LogP contribution >= 0.6 is 39.1 Å². The Balaban J connectivity index is 2.16. The van der Waals surface area contributed by atoms with Crippen LogP contribution in [-0.2, 0) is 6.54 Å². The molecule has 0 aliphatic heterocycles. The van der Waals surface area contributed by atoms with Gasteiger partial charge in [-0.2, -0.15) is 0 Å². The summed E-state index contributed by atoms with van der Waals surface area (Å²) in [6, 6.07) is 11.2. The molecule has 0 aliphatic carbocycles. The first-order valence-corrected chi connectivity index (χ1v) is 7.16. The van der Waals surface area contributed by atoms with Gasteiger partial charge in [-0.1, -0.05) is 45.2 Å². The first-order valence-electron chi connectivity index (χ1n) is 5.61. The highest BCUT2D eigenvalue weighted by Crippen LogP contribution is 2.29. The lowest BCUT2D eigenvalue weighted by Crippen LogP contribution is -2.02. The summed E-state index contributed by atoms with van der Waals surface area (Å²) in [6.07, 6.45) is 0. The quantitative estimate of drug-likeness (QED) is 0.790. The van der Waals surface area contributed by atoms with Gasteiger partial charge < -0.3 is 10.1 Å². The summed E-state index contributed by atoms with van der Waals surface area (Å²) in [7, 11) is 1.63. The van der Waals surface area contributed by atoms with E-state index in [0.717, 1.165) is 21.5 Å². The predicted octanol–water partition coefficient (Wildman–Crippen LogP) is 5.38. The van der Waals surface area contributed by atoms with E-state index in [0.29, 0.717) is 16.6 Å². The summed E-state index contributed by atoms with van der Waals surface area (Å²) in [5, 5.41) is 4.67. The van der Waals surface area contributed by atoms with E-state index >= 15 is 0 Å². The Labute approximate surface area is 130 Å². The minimum absolute atomic E-state index is 0.647. The number of nitrogens with one attached hydrogen (secondary N) is 1. The van der Waals surface area contributed by atoms with Crippen LogP contribution in [-0.4, -0.2) is 7.11 Å². The van der Waals surface area contributed by atoms with E-state index in [-0.39, 0.29) is 0 Å². The highest BCUT2D eigenvalue weighted by Gasteiger charge is 2.05. The molecule has 0 aliphatic rings. The van der Waals surface area contributed by atoms with Gasteiger partial charge >= 0.3 is 0 Å². The molecule has 5 heteroatoms. The van der Waals surface area contributed by atoms with Crippen molar-refractivity contribution in [2.75, 3.05) is 12.4 Å². The third-order valence-electron chi connectivity index (χ3n) is 2.65. The second kappa shape index (κ2) is 6.51. The van der Waals surface area contributed by atoms with Gasteiger partial charge in [0, 0.05) is 21.1 Å². The normalized spacial score (nSPS) is 10.3. The van der Waals surface area contributed by atoms with Gasteiger partial charge in [0.1, 0.15) is 5.75 Å². The van der Waals surface area contributed by atoms with E-state index < -0.39 is 0 Å². The Hall–Kier alpha value is -0.900. The second-order valence-corrected chi connectivity index (χ2v) is 5.66. The molecule has 2 aromatic rings. The maximum atomic E-state index is 5.99. The Bertz CT molecular complexity index is 590. The summed E-state index contributed by atoms with van der Waals surface area (Å²) in [5.74, 6) is 0.759. The average Bonchev–Trinajstić information content (AvgIpc) is 2.38. The average molecular weight is 361 g/mol. The van der Waals surface area contributed by atoms with Gasteiger partial charge in [-0.05, 0) is 35.9 Å². The molecule has 0 unspecified atom stereocenters. The highest BCUT2D eigenvalue weighted by atomic mass is 79.9. The zero-order chi connectivity index (χ0) is 13.8. The number of methoxy groups -OCH3 is 1. The molecular weight excluding hydrogens is 349 g/mol. The molecule has 2 rings (SSSR count). The number of hydrogen-bond donors (Lipinski definition) is 1. The van der Waals surface area contributed by atoms with Crippen molar-refractivity contribution in [1.82, 2.24) is 0 Å². The Morgan fingerprint density at radius 2 is 1.79 bits per heavy atom. The standard InChI is InChI=1S/C14H12BrCl2NO/c1-19-14-5-4-11(17)7-13(14)18-8-9-2-3-10(16)6-12(9)15/h2-7,18H,8H2,1H3. The van der Waals surface area contributed by atoms with Crippen LogP contribution in [0.5, 0.6) is 5.75 Å². The van der Waals surface area contributed by atoms with Crippen molar-refractivity contribution in [1.29, 1.82) is 0 Å². The molecule has 0 fully saturated rings. The van der Waals surface area contributed by atoms with Gasteiger partial charge in [0.25, 0.3) is 0 Å². The molecule has 0 atom stereocenters. The largest absolute Gasteiger partial charge is 0.495 e. The summed E-state index contributed by atoms with van der Waals surface area (Å²) < 4.78 is 6.25. The minimum Gasteiger partial charge on any atom is -0.495 e. The summed E-state index contributed by atoms with van der Waals surface area (Å²) in [4.78, 5) is 0. The molecule has 19 heavy (non-hydrogen) atoms. The van der Waals surface area contributed by atoms with Crippen molar-refractivity contribution in [2.45, 2.75) is 6.54 Å². The van der Waals surface area contributed by atoms with E-state index in [1.165, 1.54) is 0 Å². The van der Waals surface area contributed by atoms with Crippen molar-refractivity contribution in [3.05, 3.63) is 56.5 Å². The van der Waals surface area contributed by atoms with Gasteiger partial charge in [0.05, 0.1) is 12.8 Å². The smallest absolute Gasteiger partial charge is 0.142 e. The molecular formula is C14H12BrCl2NO. The van der Waals surface area contributed by atoms with Crippen molar-refractivity contribution in [2.24, 2.45) is 0 Å². The fourth-order valence-electron chi connectivity index (χ4n) is 1.67. The molecule has 0 spiro atoms. The number of anilines is 1. The predicted molar refractivity (Wildman–Crippen MR) is 84.5 cm³/mol.